The van der Waals surface area contributed by atoms with E-state index in [2.05, 4.69) is 10.2 Å². The van der Waals surface area contributed by atoms with E-state index in [4.69, 9.17) is 4.74 Å². The van der Waals surface area contributed by atoms with Crippen LogP contribution >= 0.6 is 0 Å². The Morgan fingerprint density at radius 2 is 2.05 bits per heavy atom. The minimum absolute atomic E-state index is 0.167. The molecule has 1 aliphatic rings. The van der Waals surface area contributed by atoms with Gasteiger partial charge in [0.1, 0.15) is 6.54 Å². The van der Waals surface area contributed by atoms with Crippen LogP contribution in [-0.2, 0) is 9.53 Å². The van der Waals surface area contributed by atoms with Crippen LogP contribution in [0.15, 0.2) is 24.3 Å². The Kier molecular flexibility index (Phi) is 6.07. The van der Waals surface area contributed by atoms with Crippen LogP contribution in [0.2, 0.25) is 0 Å². The van der Waals surface area contributed by atoms with Crippen LogP contribution in [0.4, 0.5) is 11.4 Å². The van der Waals surface area contributed by atoms with Crippen molar-refractivity contribution >= 4 is 17.3 Å². The molecule has 1 aromatic rings. The molecule has 0 amide bonds. The van der Waals surface area contributed by atoms with Gasteiger partial charge in [0.15, 0.2) is 0 Å². The third kappa shape index (κ3) is 4.91. The maximum absolute atomic E-state index is 11.7. The van der Waals surface area contributed by atoms with Crippen LogP contribution in [0.1, 0.15) is 26.7 Å². The van der Waals surface area contributed by atoms with Gasteiger partial charge in [0.25, 0.3) is 0 Å². The largest absolute Gasteiger partial charge is 0.464 e. The standard InChI is InChI=1S/C17H26N2O3/c1-13(2)12-22-17(21)11-18-15-5-3-4-6-16(15)19-9-7-14(20)8-10-19/h3-6,13-14,18,20H,7-12H2,1-2H3. The number of carbonyl (C=O) groups excluding carboxylic acids is 1. The SMILES string of the molecule is CC(C)COC(=O)CNc1ccccc1N1CCC(O)CC1. The van der Waals surface area contributed by atoms with E-state index in [0.29, 0.717) is 12.5 Å². The second kappa shape index (κ2) is 8.03. The van der Waals surface area contributed by atoms with E-state index < -0.39 is 0 Å². The van der Waals surface area contributed by atoms with E-state index in [1.165, 1.54) is 0 Å². The van der Waals surface area contributed by atoms with Gasteiger partial charge < -0.3 is 20.1 Å². The second-order valence-corrected chi connectivity index (χ2v) is 6.17. The van der Waals surface area contributed by atoms with Crippen molar-refractivity contribution in [3.8, 4) is 0 Å². The smallest absolute Gasteiger partial charge is 0.325 e. The van der Waals surface area contributed by atoms with Gasteiger partial charge in [0.2, 0.25) is 0 Å². The van der Waals surface area contributed by atoms with Gasteiger partial charge >= 0.3 is 5.97 Å². The molecule has 0 spiro atoms. The number of rotatable bonds is 6. The van der Waals surface area contributed by atoms with Gasteiger partial charge in [-0.1, -0.05) is 26.0 Å². The molecule has 0 atom stereocenters. The average Bonchev–Trinajstić information content (AvgIpc) is 2.52. The van der Waals surface area contributed by atoms with Crippen LogP contribution in [0.25, 0.3) is 0 Å². The van der Waals surface area contributed by atoms with Crippen molar-refractivity contribution in [2.24, 2.45) is 5.92 Å². The van der Waals surface area contributed by atoms with E-state index in [0.717, 1.165) is 37.3 Å². The number of anilines is 2. The summed E-state index contributed by atoms with van der Waals surface area (Å²) in [6.45, 7) is 6.31. The summed E-state index contributed by atoms with van der Waals surface area (Å²) in [5.74, 6) is 0.105. The minimum Gasteiger partial charge on any atom is -0.464 e. The van der Waals surface area contributed by atoms with Crippen molar-refractivity contribution in [3.63, 3.8) is 0 Å². The Bertz CT molecular complexity index is 483. The molecule has 0 bridgehead atoms. The summed E-state index contributed by atoms with van der Waals surface area (Å²) in [6, 6.07) is 7.95. The lowest BCUT2D eigenvalue weighted by molar-refractivity contribution is -0.142. The van der Waals surface area contributed by atoms with Crippen LogP contribution in [-0.4, -0.2) is 43.4 Å². The third-order valence-corrected chi connectivity index (χ3v) is 3.71. The quantitative estimate of drug-likeness (QED) is 0.789. The molecule has 1 fully saturated rings. The predicted molar refractivity (Wildman–Crippen MR) is 88.2 cm³/mol. The zero-order chi connectivity index (χ0) is 15.9. The number of ether oxygens (including phenoxy) is 1. The number of aliphatic hydroxyl groups is 1. The number of esters is 1. The van der Waals surface area contributed by atoms with Crippen molar-refractivity contribution in [3.05, 3.63) is 24.3 Å². The van der Waals surface area contributed by atoms with Crippen LogP contribution in [0.3, 0.4) is 0 Å². The molecule has 2 N–H and O–H groups in total. The first kappa shape index (κ1) is 16.6. The van der Waals surface area contributed by atoms with Crippen molar-refractivity contribution in [2.75, 3.05) is 36.5 Å². The molecule has 122 valence electrons. The highest BCUT2D eigenvalue weighted by atomic mass is 16.5. The average molecular weight is 306 g/mol. The number of hydrogen-bond acceptors (Lipinski definition) is 5. The summed E-state index contributed by atoms with van der Waals surface area (Å²) in [6.07, 6.45) is 1.37. The number of piperidine rings is 1. The monoisotopic (exact) mass is 306 g/mol. The van der Waals surface area contributed by atoms with E-state index >= 15 is 0 Å². The lowest BCUT2D eigenvalue weighted by Crippen LogP contribution is -2.36. The molecule has 1 aliphatic heterocycles. The summed E-state index contributed by atoms with van der Waals surface area (Å²) in [4.78, 5) is 14.0. The Balaban J connectivity index is 1.92. The molecule has 1 aromatic carbocycles. The summed E-state index contributed by atoms with van der Waals surface area (Å²) in [7, 11) is 0. The Morgan fingerprint density at radius 1 is 1.36 bits per heavy atom. The normalized spacial score (nSPS) is 15.9. The summed E-state index contributed by atoms with van der Waals surface area (Å²) in [5.41, 5.74) is 2.01. The summed E-state index contributed by atoms with van der Waals surface area (Å²) in [5, 5.41) is 12.8. The molecule has 2 rings (SSSR count). The number of para-hydroxylation sites is 2. The molecule has 0 saturated carbocycles. The number of nitrogens with zero attached hydrogens (tertiary/aromatic N) is 1. The number of carbonyl (C=O) groups is 1. The van der Waals surface area contributed by atoms with Gasteiger partial charge in [-0.3, -0.25) is 4.79 Å². The molecule has 0 unspecified atom stereocenters. The number of benzene rings is 1. The van der Waals surface area contributed by atoms with Crippen LogP contribution < -0.4 is 10.2 Å². The lowest BCUT2D eigenvalue weighted by atomic mass is 10.1. The Morgan fingerprint density at radius 3 is 2.73 bits per heavy atom. The fourth-order valence-corrected chi connectivity index (χ4v) is 2.48. The van der Waals surface area contributed by atoms with Gasteiger partial charge in [-0.25, -0.2) is 0 Å². The van der Waals surface area contributed by atoms with Crippen molar-refractivity contribution in [1.82, 2.24) is 0 Å². The first-order chi connectivity index (χ1) is 10.6. The predicted octanol–water partition coefficient (Wildman–Crippen LogP) is 2.26. The molecule has 0 radical (unpaired) electrons. The fraction of sp³-hybridized carbons (Fsp3) is 0.588. The van der Waals surface area contributed by atoms with E-state index in [-0.39, 0.29) is 18.6 Å². The zero-order valence-electron chi connectivity index (χ0n) is 13.4. The highest BCUT2D eigenvalue weighted by Gasteiger charge is 2.19. The molecule has 0 aromatic heterocycles. The first-order valence-electron chi connectivity index (χ1n) is 7.98. The molecule has 0 aliphatic carbocycles. The third-order valence-electron chi connectivity index (χ3n) is 3.71. The highest BCUT2D eigenvalue weighted by molar-refractivity contribution is 5.78. The number of hydrogen-bond donors (Lipinski definition) is 2. The number of nitrogens with one attached hydrogen (secondary N) is 1. The van der Waals surface area contributed by atoms with Crippen molar-refractivity contribution in [2.45, 2.75) is 32.8 Å². The van der Waals surface area contributed by atoms with Gasteiger partial charge in [0.05, 0.1) is 24.1 Å². The molecule has 1 heterocycles. The van der Waals surface area contributed by atoms with E-state index in [9.17, 15) is 9.90 Å². The van der Waals surface area contributed by atoms with Gasteiger partial charge in [-0.15, -0.1) is 0 Å². The van der Waals surface area contributed by atoms with Gasteiger partial charge in [-0.2, -0.15) is 0 Å². The Hall–Kier alpha value is -1.75. The first-order valence-corrected chi connectivity index (χ1v) is 7.98. The lowest BCUT2D eigenvalue weighted by Gasteiger charge is -2.32. The van der Waals surface area contributed by atoms with Crippen LogP contribution in [0.5, 0.6) is 0 Å². The summed E-state index contributed by atoms with van der Waals surface area (Å²) >= 11 is 0. The van der Waals surface area contributed by atoms with Crippen molar-refractivity contribution in [1.29, 1.82) is 0 Å². The van der Waals surface area contributed by atoms with Crippen LogP contribution in [0, 0.1) is 5.92 Å². The molecule has 22 heavy (non-hydrogen) atoms. The van der Waals surface area contributed by atoms with Crippen molar-refractivity contribution < 1.29 is 14.6 Å². The second-order valence-electron chi connectivity index (χ2n) is 6.17. The topological polar surface area (TPSA) is 61.8 Å². The maximum atomic E-state index is 11.7. The molecule has 5 heteroatoms. The molecule has 1 saturated heterocycles. The molecule has 5 nitrogen and oxygen atoms in total. The number of aliphatic hydroxyl groups excluding tert-OH is 1. The zero-order valence-corrected chi connectivity index (χ0v) is 13.4. The van der Waals surface area contributed by atoms with Gasteiger partial charge in [-0.05, 0) is 30.9 Å². The van der Waals surface area contributed by atoms with E-state index in [1.54, 1.807) is 0 Å². The molecular weight excluding hydrogens is 280 g/mol. The molecular formula is C17H26N2O3. The highest BCUT2D eigenvalue weighted by Crippen LogP contribution is 2.28. The Labute approximate surface area is 132 Å². The maximum Gasteiger partial charge on any atom is 0.325 e. The van der Waals surface area contributed by atoms with Gasteiger partial charge in [0, 0.05) is 13.1 Å². The minimum atomic E-state index is -0.238. The summed E-state index contributed by atoms with van der Waals surface area (Å²) < 4.78 is 5.18. The fourth-order valence-electron chi connectivity index (χ4n) is 2.48. The van der Waals surface area contributed by atoms with E-state index in [1.807, 2.05) is 38.1 Å².